The van der Waals surface area contributed by atoms with Crippen LogP contribution in [-0.2, 0) is 10.3 Å². The number of rotatable bonds is 1. The Balaban J connectivity index is 2.87. The van der Waals surface area contributed by atoms with E-state index in [0.29, 0.717) is 9.60 Å². The van der Waals surface area contributed by atoms with Crippen LogP contribution in [0.2, 0.25) is 0 Å². The fourth-order valence-electron chi connectivity index (χ4n) is 1.01. The largest absolute Gasteiger partial charge is 0.729 e. The van der Waals surface area contributed by atoms with Crippen LogP contribution >= 0.6 is 0 Å². The fraction of sp³-hybridized carbons (Fsp3) is 0. The number of aromatic nitrogens is 3. The molecular weight excluding hydrogens is 194 g/mol. The first kappa shape index (κ1) is 8.14. The minimum absolute atomic E-state index is 0.192. The minimum atomic E-state index is -4.59. The van der Waals surface area contributed by atoms with E-state index in [1.807, 2.05) is 0 Å². The molecule has 1 aromatic heterocycles. The summed E-state index contributed by atoms with van der Waals surface area (Å²) in [4.78, 5) is 0. The van der Waals surface area contributed by atoms with E-state index in [4.69, 9.17) is 0 Å². The monoisotopic (exact) mass is 198 g/mol. The molecule has 0 N–H and O–H groups in total. The Bertz CT molecular complexity index is 545. The van der Waals surface area contributed by atoms with E-state index < -0.39 is 10.3 Å². The van der Waals surface area contributed by atoms with Crippen molar-refractivity contribution in [2.45, 2.75) is 0 Å². The predicted octanol–water partition coefficient (Wildman–Crippen LogP) is -0.260. The summed E-state index contributed by atoms with van der Waals surface area (Å²) in [5, 5.41) is 6.75. The Hall–Kier alpha value is -1.47. The molecule has 0 unspecified atom stereocenters. The number of benzene rings is 1. The number of hydrogen-bond donors (Lipinski definition) is 0. The molecule has 0 atom stereocenters. The Morgan fingerprint density at radius 3 is 2.69 bits per heavy atom. The van der Waals surface area contributed by atoms with Gasteiger partial charge in [-0.15, -0.1) is 9.19 Å². The zero-order valence-corrected chi connectivity index (χ0v) is 7.10. The number of nitrogens with zero attached hydrogens (tertiary/aromatic N) is 3. The first-order valence-electron chi connectivity index (χ1n) is 3.36. The highest BCUT2D eigenvalue weighted by molar-refractivity contribution is 7.84. The molecule has 0 fully saturated rings. The van der Waals surface area contributed by atoms with Gasteiger partial charge in [-0.05, 0) is 12.1 Å². The highest BCUT2D eigenvalue weighted by atomic mass is 32.2. The number of fused-ring (bicyclic) bond motifs is 1. The molecule has 0 radical (unpaired) electrons. The predicted molar refractivity (Wildman–Crippen MR) is 42.6 cm³/mol. The molecule has 13 heavy (non-hydrogen) atoms. The molecule has 0 aliphatic carbocycles. The summed E-state index contributed by atoms with van der Waals surface area (Å²) in [5.41, 5.74) is 0.569. The van der Waals surface area contributed by atoms with Crippen molar-refractivity contribution in [3.8, 4) is 0 Å². The van der Waals surface area contributed by atoms with E-state index in [-0.39, 0.29) is 5.52 Å². The molecular formula is C6H4N3O3S-. The van der Waals surface area contributed by atoms with Crippen molar-refractivity contribution < 1.29 is 13.0 Å². The first-order valence-corrected chi connectivity index (χ1v) is 4.72. The summed E-state index contributed by atoms with van der Waals surface area (Å²) in [6.07, 6.45) is 0. The van der Waals surface area contributed by atoms with E-state index in [2.05, 4.69) is 10.3 Å². The molecule has 0 amide bonds. The van der Waals surface area contributed by atoms with Crippen LogP contribution in [0.5, 0.6) is 0 Å². The van der Waals surface area contributed by atoms with Gasteiger partial charge in [0.1, 0.15) is 11.0 Å². The highest BCUT2D eigenvalue weighted by Gasteiger charge is 2.06. The van der Waals surface area contributed by atoms with Crippen molar-refractivity contribution in [3.05, 3.63) is 24.3 Å². The van der Waals surface area contributed by atoms with Crippen molar-refractivity contribution in [2.75, 3.05) is 0 Å². The second-order valence-corrected chi connectivity index (χ2v) is 3.58. The topological polar surface area (TPSA) is 87.9 Å². The molecule has 0 saturated heterocycles. The van der Waals surface area contributed by atoms with Crippen molar-refractivity contribution in [2.24, 2.45) is 0 Å². The van der Waals surface area contributed by atoms with Gasteiger partial charge in [0.25, 0.3) is 0 Å². The lowest BCUT2D eigenvalue weighted by Crippen LogP contribution is -2.12. The second-order valence-electron chi connectivity index (χ2n) is 2.38. The van der Waals surface area contributed by atoms with Crippen molar-refractivity contribution in [1.82, 2.24) is 14.4 Å². The maximum atomic E-state index is 10.6. The summed E-state index contributed by atoms with van der Waals surface area (Å²) in [5.74, 6) is 0. The van der Waals surface area contributed by atoms with Crippen molar-refractivity contribution >= 4 is 21.3 Å². The van der Waals surface area contributed by atoms with E-state index >= 15 is 0 Å². The van der Waals surface area contributed by atoms with Crippen LogP contribution in [0, 0.1) is 0 Å². The van der Waals surface area contributed by atoms with Crippen molar-refractivity contribution in [3.63, 3.8) is 0 Å². The van der Waals surface area contributed by atoms with Gasteiger partial charge in [-0.2, -0.15) is 0 Å². The van der Waals surface area contributed by atoms with Crippen LogP contribution in [0.3, 0.4) is 0 Å². The molecule has 2 aromatic rings. The standard InChI is InChI=1S/C6H5N3O3S/c10-13(11,12)9-6-4-2-1-3-5(6)7-8-9/h1-4H,(H,10,11,12)/p-1. The van der Waals surface area contributed by atoms with Gasteiger partial charge in [-0.1, -0.05) is 17.3 Å². The van der Waals surface area contributed by atoms with Gasteiger partial charge in [0.2, 0.25) is 10.3 Å². The summed E-state index contributed by atoms with van der Waals surface area (Å²) in [6, 6.07) is 6.32. The Morgan fingerprint density at radius 2 is 2.00 bits per heavy atom. The van der Waals surface area contributed by atoms with Gasteiger partial charge in [-0.3, -0.25) is 0 Å². The molecule has 0 saturated carbocycles. The Labute approximate surface area is 73.7 Å². The average molecular weight is 198 g/mol. The summed E-state index contributed by atoms with van der Waals surface area (Å²) in [7, 11) is -4.59. The lowest BCUT2D eigenvalue weighted by molar-refractivity contribution is 0.446. The van der Waals surface area contributed by atoms with Gasteiger partial charge in [-0.25, -0.2) is 8.42 Å². The lowest BCUT2D eigenvalue weighted by Gasteiger charge is -2.05. The zero-order valence-electron chi connectivity index (χ0n) is 6.28. The van der Waals surface area contributed by atoms with Gasteiger partial charge in [0.05, 0.1) is 0 Å². The molecule has 6 nitrogen and oxygen atoms in total. The van der Waals surface area contributed by atoms with Gasteiger partial charge in [0.15, 0.2) is 0 Å². The third-order valence-electron chi connectivity index (χ3n) is 1.53. The summed E-state index contributed by atoms with van der Waals surface area (Å²) < 4.78 is 32.2. The molecule has 2 rings (SSSR count). The zero-order chi connectivity index (χ0) is 9.47. The fourth-order valence-corrected chi connectivity index (χ4v) is 1.53. The third kappa shape index (κ3) is 1.27. The maximum Gasteiger partial charge on any atom is 0.205 e. The summed E-state index contributed by atoms with van der Waals surface area (Å²) >= 11 is 0. The normalized spacial score (nSPS) is 12.1. The average Bonchev–Trinajstić information content (AvgIpc) is 2.45. The molecule has 0 bridgehead atoms. The van der Waals surface area contributed by atoms with Crippen LogP contribution in [-0.4, -0.2) is 27.4 Å². The van der Waals surface area contributed by atoms with E-state index in [1.54, 1.807) is 18.2 Å². The van der Waals surface area contributed by atoms with E-state index in [9.17, 15) is 13.0 Å². The molecule has 1 aromatic carbocycles. The van der Waals surface area contributed by atoms with E-state index in [1.165, 1.54) is 6.07 Å². The quantitative estimate of drug-likeness (QED) is 0.589. The van der Waals surface area contributed by atoms with Gasteiger partial charge >= 0.3 is 0 Å². The number of para-hydroxylation sites is 1. The highest BCUT2D eigenvalue weighted by Crippen LogP contribution is 2.10. The van der Waals surface area contributed by atoms with Crippen LogP contribution < -0.4 is 0 Å². The molecule has 7 heteroatoms. The summed E-state index contributed by atoms with van der Waals surface area (Å²) in [6.45, 7) is 0. The van der Waals surface area contributed by atoms with Gasteiger partial charge in [0, 0.05) is 0 Å². The van der Waals surface area contributed by atoms with Crippen LogP contribution in [0.4, 0.5) is 0 Å². The SMILES string of the molecule is O=S(=O)([O-])n1nnc2ccccc21. The van der Waals surface area contributed by atoms with Crippen LogP contribution in [0.25, 0.3) is 11.0 Å². The molecule has 1 heterocycles. The molecule has 0 spiro atoms. The lowest BCUT2D eigenvalue weighted by atomic mass is 10.3. The molecule has 0 aliphatic rings. The first-order chi connectivity index (χ1) is 6.09. The molecule has 68 valence electrons. The smallest absolute Gasteiger partial charge is 0.205 e. The Kier molecular flexibility index (Phi) is 1.57. The van der Waals surface area contributed by atoms with Crippen molar-refractivity contribution in [1.29, 1.82) is 0 Å². The second kappa shape index (κ2) is 2.51. The van der Waals surface area contributed by atoms with Crippen LogP contribution in [0.1, 0.15) is 0 Å². The van der Waals surface area contributed by atoms with Crippen LogP contribution in [0.15, 0.2) is 24.3 Å². The minimum Gasteiger partial charge on any atom is -0.729 e. The maximum absolute atomic E-state index is 10.6. The van der Waals surface area contributed by atoms with E-state index in [0.717, 1.165) is 0 Å². The third-order valence-corrected chi connectivity index (χ3v) is 2.23. The molecule has 0 aliphatic heterocycles. The van der Waals surface area contributed by atoms with Gasteiger partial charge < -0.3 is 4.55 Å². The Morgan fingerprint density at radius 1 is 1.31 bits per heavy atom. The number of hydrogen-bond acceptors (Lipinski definition) is 5.